The zero-order chi connectivity index (χ0) is 14.9. The van der Waals surface area contributed by atoms with Crippen LogP contribution in [-0.4, -0.2) is 18.9 Å². The molecule has 0 heterocycles. The van der Waals surface area contributed by atoms with Gasteiger partial charge in [0.05, 0.1) is 13.2 Å². The lowest BCUT2D eigenvalue weighted by atomic mass is 10.2. The van der Waals surface area contributed by atoms with Crippen molar-refractivity contribution < 1.29 is 4.74 Å². The minimum absolute atomic E-state index is 0.364. The quantitative estimate of drug-likeness (QED) is 0.517. The molecule has 0 aromatic heterocycles. The van der Waals surface area contributed by atoms with Crippen molar-refractivity contribution in [3.05, 3.63) is 59.1 Å². The van der Waals surface area contributed by atoms with Gasteiger partial charge in [-0.25, -0.2) is 0 Å². The number of benzene rings is 2. The zero-order valence-corrected chi connectivity index (χ0v) is 13.1. The van der Waals surface area contributed by atoms with E-state index in [-0.39, 0.29) is 0 Å². The summed E-state index contributed by atoms with van der Waals surface area (Å²) in [5.41, 5.74) is 6.28. The molecule has 0 aliphatic heterocycles. The molecule has 0 unspecified atom stereocenters. The van der Waals surface area contributed by atoms with Crippen molar-refractivity contribution >= 4 is 23.4 Å². The van der Waals surface area contributed by atoms with E-state index in [4.69, 9.17) is 22.1 Å². The molecule has 0 amide bonds. The Morgan fingerprint density at radius 1 is 1.14 bits per heavy atom. The van der Waals surface area contributed by atoms with Crippen LogP contribution in [0.15, 0.2) is 53.4 Å². The van der Waals surface area contributed by atoms with Gasteiger partial charge in [-0.3, -0.25) is 0 Å². The SMILES string of the molecule is NCC#Cc1cccc(OCCSc2ccc(Cl)cc2)c1. The summed E-state index contributed by atoms with van der Waals surface area (Å²) in [7, 11) is 0. The van der Waals surface area contributed by atoms with Crippen LogP contribution in [0.5, 0.6) is 5.75 Å². The molecule has 2 aromatic carbocycles. The number of rotatable bonds is 5. The van der Waals surface area contributed by atoms with Crippen molar-refractivity contribution in [1.29, 1.82) is 0 Å². The van der Waals surface area contributed by atoms with Crippen LogP contribution in [0.4, 0.5) is 0 Å². The molecule has 108 valence electrons. The standard InChI is InChI=1S/C17H16ClNOS/c18-15-6-8-17(9-7-15)21-12-11-20-16-5-1-3-14(13-16)4-2-10-19/h1,3,5-9,13H,10-12,19H2. The van der Waals surface area contributed by atoms with E-state index in [0.29, 0.717) is 13.2 Å². The summed E-state index contributed by atoms with van der Waals surface area (Å²) < 4.78 is 5.73. The van der Waals surface area contributed by atoms with Crippen molar-refractivity contribution in [2.75, 3.05) is 18.9 Å². The molecule has 0 saturated carbocycles. The third-order valence-corrected chi connectivity index (χ3v) is 3.83. The van der Waals surface area contributed by atoms with Gasteiger partial charge in [0.2, 0.25) is 0 Å². The molecule has 4 heteroatoms. The first-order chi connectivity index (χ1) is 10.3. The van der Waals surface area contributed by atoms with E-state index in [1.807, 2.05) is 48.5 Å². The van der Waals surface area contributed by atoms with E-state index < -0.39 is 0 Å². The van der Waals surface area contributed by atoms with Crippen LogP contribution in [0.2, 0.25) is 5.02 Å². The molecule has 0 radical (unpaired) electrons. The lowest BCUT2D eigenvalue weighted by Crippen LogP contribution is -2.00. The van der Waals surface area contributed by atoms with Gasteiger partial charge in [-0.15, -0.1) is 11.8 Å². The highest BCUT2D eigenvalue weighted by molar-refractivity contribution is 7.99. The van der Waals surface area contributed by atoms with E-state index in [1.165, 1.54) is 4.90 Å². The van der Waals surface area contributed by atoms with Crippen LogP contribution < -0.4 is 10.5 Å². The molecule has 0 aliphatic rings. The maximum atomic E-state index is 5.85. The summed E-state index contributed by atoms with van der Waals surface area (Å²) in [5, 5.41) is 0.756. The van der Waals surface area contributed by atoms with Crippen LogP contribution in [0.25, 0.3) is 0 Å². The minimum Gasteiger partial charge on any atom is -0.493 e. The second kappa shape index (κ2) is 8.63. The normalized spacial score (nSPS) is 9.81. The Balaban J connectivity index is 1.79. The van der Waals surface area contributed by atoms with Crippen molar-refractivity contribution in [2.24, 2.45) is 5.73 Å². The molecule has 0 bridgehead atoms. The van der Waals surface area contributed by atoms with Gasteiger partial charge in [0.25, 0.3) is 0 Å². The monoisotopic (exact) mass is 317 g/mol. The number of hydrogen-bond acceptors (Lipinski definition) is 3. The average Bonchev–Trinajstić information content (AvgIpc) is 2.52. The van der Waals surface area contributed by atoms with E-state index in [1.54, 1.807) is 11.8 Å². The van der Waals surface area contributed by atoms with E-state index in [2.05, 4.69) is 11.8 Å². The number of halogens is 1. The van der Waals surface area contributed by atoms with Crippen LogP contribution in [0.1, 0.15) is 5.56 Å². The lowest BCUT2D eigenvalue weighted by molar-refractivity contribution is 0.344. The van der Waals surface area contributed by atoms with Crippen LogP contribution >= 0.6 is 23.4 Å². The minimum atomic E-state index is 0.364. The Hall–Kier alpha value is -1.60. The van der Waals surface area contributed by atoms with Crippen LogP contribution in [-0.2, 0) is 0 Å². The first kappa shape index (κ1) is 15.8. The molecule has 2 rings (SSSR count). The largest absolute Gasteiger partial charge is 0.493 e. The summed E-state index contributed by atoms with van der Waals surface area (Å²) >= 11 is 7.59. The first-order valence-corrected chi connectivity index (χ1v) is 7.94. The number of thioether (sulfide) groups is 1. The molecular formula is C17H16ClNOS. The predicted molar refractivity (Wildman–Crippen MR) is 90.0 cm³/mol. The maximum absolute atomic E-state index is 5.85. The van der Waals surface area contributed by atoms with Crippen molar-refractivity contribution in [2.45, 2.75) is 4.90 Å². The lowest BCUT2D eigenvalue weighted by Gasteiger charge is -2.06. The number of hydrogen-bond donors (Lipinski definition) is 1. The molecule has 2 nitrogen and oxygen atoms in total. The summed E-state index contributed by atoms with van der Waals surface area (Å²) in [6, 6.07) is 15.5. The van der Waals surface area contributed by atoms with Gasteiger partial charge in [0.1, 0.15) is 5.75 Å². The Morgan fingerprint density at radius 2 is 1.95 bits per heavy atom. The number of nitrogens with two attached hydrogens (primary N) is 1. The second-order valence-electron chi connectivity index (χ2n) is 4.18. The second-order valence-corrected chi connectivity index (χ2v) is 5.79. The highest BCUT2D eigenvalue weighted by atomic mass is 35.5. The van der Waals surface area contributed by atoms with Gasteiger partial charge >= 0.3 is 0 Å². The molecule has 0 aliphatic carbocycles. The molecule has 0 fully saturated rings. The Kier molecular flexibility index (Phi) is 6.49. The topological polar surface area (TPSA) is 35.2 Å². The fourth-order valence-electron chi connectivity index (χ4n) is 1.67. The smallest absolute Gasteiger partial charge is 0.120 e. The van der Waals surface area contributed by atoms with Gasteiger partial charge < -0.3 is 10.5 Å². The fourth-order valence-corrected chi connectivity index (χ4v) is 2.52. The molecule has 2 N–H and O–H groups in total. The Bertz CT molecular complexity index is 631. The van der Waals surface area contributed by atoms with E-state index in [0.717, 1.165) is 22.1 Å². The molecule has 21 heavy (non-hydrogen) atoms. The maximum Gasteiger partial charge on any atom is 0.120 e. The van der Waals surface area contributed by atoms with Gasteiger partial charge in [0.15, 0.2) is 0 Å². The molecular weight excluding hydrogens is 302 g/mol. The predicted octanol–water partition coefficient (Wildman–Crippen LogP) is 3.82. The van der Waals surface area contributed by atoms with E-state index >= 15 is 0 Å². The van der Waals surface area contributed by atoms with Crippen LogP contribution in [0.3, 0.4) is 0 Å². The van der Waals surface area contributed by atoms with Gasteiger partial charge in [-0.05, 0) is 42.5 Å². The first-order valence-electron chi connectivity index (χ1n) is 6.58. The number of ether oxygens (including phenoxy) is 1. The van der Waals surface area contributed by atoms with E-state index in [9.17, 15) is 0 Å². The molecule has 0 spiro atoms. The third kappa shape index (κ3) is 5.73. The highest BCUT2D eigenvalue weighted by Gasteiger charge is 1.97. The fraction of sp³-hybridized carbons (Fsp3) is 0.176. The van der Waals surface area contributed by atoms with Gasteiger partial charge in [-0.1, -0.05) is 29.5 Å². The van der Waals surface area contributed by atoms with Crippen molar-refractivity contribution in [1.82, 2.24) is 0 Å². The molecule has 0 atom stereocenters. The zero-order valence-electron chi connectivity index (χ0n) is 11.5. The van der Waals surface area contributed by atoms with Crippen molar-refractivity contribution in [3.8, 4) is 17.6 Å². The molecule has 2 aromatic rings. The van der Waals surface area contributed by atoms with Gasteiger partial charge in [-0.2, -0.15) is 0 Å². The third-order valence-electron chi connectivity index (χ3n) is 2.60. The summed E-state index contributed by atoms with van der Waals surface area (Å²) in [5.74, 6) is 7.53. The summed E-state index contributed by atoms with van der Waals surface area (Å²) in [6.07, 6.45) is 0. The summed E-state index contributed by atoms with van der Waals surface area (Å²) in [6.45, 7) is 1.00. The highest BCUT2D eigenvalue weighted by Crippen LogP contribution is 2.20. The average molecular weight is 318 g/mol. The Morgan fingerprint density at radius 3 is 2.71 bits per heavy atom. The molecule has 0 saturated heterocycles. The summed E-state index contributed by atoms with van der Waals surface area (Å²) in [4.78, 5) is 1.19. The Labute approximate surface area is 134 Å². The van der Waals surface area contributed by atoms with Gasteiger partial charge in [0, 0.05) is 21.2 Å². The van der Waals surface area contributed by atoms with Crippen molar-refractivity contribution in [3.63, 3.8) is 0 Å². The van der Waals surface area contributed by atoms with Crippen LogP contribution in [0, 0.1) is 11.8 Å².